The average molecular weight is 312 g/mol. The van der Waals surface area contributed by atoms with Gasteiger partial charge in [-0.2, -0.15) is 0 Å². The second-order valence-corrected chi connectivity index (χ2v) is 7.55. The topological polar surface area (TPSA) is 89.3 Å². The molecular weight excluding hydrogens is 288 g/mol. The summed E-state index contributed by atoms with van der Waals surface area (Å²) in [6.07, 6.45) is 0.409. The molecule has 1 amide bonds. The zero-order chi connectivity index (χ0) is 15.9. The van der Waals surface area contributed by atoms with Gasteiger partial charge in [-0.1, -0.05) is 37.3 Å². The van der Waals surface area contributed by atoms with Crippen LogP contribution in [0.5, 0.6) is 0 Å². The van der Waals surface area contributed by atoms with Gasteiger partial charge in [0.15, 0.2) is 9.84 Å². The van der Waals surface area contributed by atoms with E-state index in [2.05, 4.69) is 5.32 Å². The summed E-state index contributed by atoms with van der Waals surface area (Å²) in [6, 6.07) is 8.87. The van der Waals surface area contributed by atoms with E-state index in [9.17, 15) is 13.2 Å². The molecule has 0 radical (unpaired) electrons. The average Bonchev–Trinajstić information content (AvgIpc) is 2.43. The van der Waals surface area contributed by atoms with E-state index in [0.29, 0.717) is 13.0 Å². The van der Waals surface area contributed by atoms with Gasteiger partial charge in [0.25, 0.3) is 0 Å². The molecule has 2 atom stereocenters. The van der Waals surface area contributed by atoms with Gasteiger partial charge in [-0.25, -0.2) is 8.42 Å². The number of benzene rings is 1. The highest BCUT2D eigenvalue weighted by atomic mass is 32.2. The fraction of sp³-hybridized carbons (Fsp3) is 0.533. The summed E-state index contributed by atoms with van der Waals surface area (Å²) < 4.78 is 23.9. The third kappa shape index (κ3) is 6.73. The predicted octanol–water partition coefficient (Wildman–Crippen LogP) is 1.09. The van der Waals surface area contributed by atoms with E-state index in [1.54, 1.807) is 26.0 Å². The van der Waals surface area contributed by atoms with Crippen molar-refractivity contribution in [2.45, 2.75) is 32.1 Å². The van der Waals surface area contributed by atoms with Crippen LogP contribution >= 0.6 is 0 Å². The lowest BCUT2D eigenvalue weighted by Gasteiger charge is -2.15. The summed E-state index contributed by atoms with van der Waals surface area (Å²) in [4.78, 5) is 11.7. The molecule has 1 rings (SSSR count). The Morgan fingerprint density at radius 2 is 1.86 bits per heavy atom. The summed E-state index contributed by atoms with van der Waals surface area (Å²) in [6.45, 7) is 3.88. The summed E-state index contributed by atoms with van der Waals surface area (Å²) >= 11 is 0. The standard InChI is InChI=1S/C15H24N2O3S/c1-12(13(2)16)15(18)17-9-6-10-21(19,20)11-14-7-4-3-5-8-14/h3-5,7-8,12-13H,6,9-11,16H2,1-2H3,(H,17,18). The van der Waals surface area contributed by atoms with Crippen LogP contribution in [0.25, 0.3) is 0 Å². The van der Waals surface area contributed by atoms with Crippen molar-refractivity contribution in [3.63, 3.8) is 0 Å². The Morgan fingerprint density at radius 1 is 1.24 bits per heavy atom. The molecule has 2 unspecified atom stereocenters. The van der Waals surface area contributed by atoms with E-state index < -0.39 is 9.84 Å². The van der Waals surface area contributed by atoms with Crippen LogP contribution in [0.4, 0.5) is 0 Å². The Kier molecular flexibility index (Phi) is 6.84. The maximum absolute atomic E-state index is 12.0. The zero-order valence-electron chi connectivity index (χ0n) is 12.6. The van der Waals surface area contributed by atoms with Gasteiger partial charge in [-0.15, -0.1) is 0 Å². The molecule has 0 fully saturated rings. The van der Waals surface area contributed by atoms with Gasteiger partial charge >= 0.3 is 0 Å². The molecule has 0 aliphatic heterocycles. The number of nitrogens with one attached hydrogen (secondary N) is 1. The van der Waals surface area contributed by atoms with Crippen molar-refractivity contribution in [3.8, 4) is 0 Å². The van der Waals surface area contributed by atoms with Crippen LogP contribution in [0, 0.1) is 5.92 Å². The van der Waals surface area contributed by atoms with Crippen molar-refractivity contribution in [3.05, 3.63) is 35.9 Å². The lowest BCUT2D eigenvalue weighted by molar-refractivity contribution is -0.124. The van der Waals surface area contributed by atoms with Crippen LogP contribution in [-0.4, -0.2) is 32.7 Å². The fourth-order valence-electron chi connectivity index (χ4n) is 1.80. The van der Waals surface area contributed by atoms with Gasteiger partial charge in [0, 0.05) is 18.5 Å². The minimum absolute atomic E-state index is 0.0397. The van der Waals surface area contributed by atoms with Crippen LogP contribution < -0.4 is 11.1 Å². The fourth-order valence-corrected chi connectivity index (χ4v) is 3.23. The van der Waals surface area contributed by atoms with E-state index >= 15 is 0 Å². The smallest absolute Gasteiger partial charge is 0.224 e. The molecule has 0 heterocycles. The first-order chi connectivity index (χ1) is 9.82. The lowest BCUT2D eigenvalue weighted by Crippen LogP contribution is -2.39. The summed E-state index contributed by atoms with van der Waals surface area (Å²) in [5.74, 6) is -0.302. The molecule has 0 saturated heterocycles. The number of rotatable bonds is 8. The molecule has 0 aromatic heterocycles. The molecule has 0 aliphatic carbocycles. The number of sulfone groups is 1. The molecule has 0 aliphatic rings. The highest BCUT2D eigenvalue weighted by molar-refractivity contribution is 7.90. The maximum Gasteiger partial charge on any atom is 0.224 e. The Bertz CT molecular complexity index is 541. The number of hydrogen-bond donors (Lipinski definition) is 2. The maximum atomic E-state index is 12.0. The summed E-state index contributed by atoms with van der Waals surface area (Å²) in [5.41, 5.74) is 6.42. The van der Waals surface area contributed by atoms with Gasteiger partial charge in [0.05, 0.1) is 11.5 Å². The van der Waals surface area contributed by atoms with Crippen LogP contribution in [0.1, 0.15) is 25.8 Å². The minimum atomic E-state index is -3.15. The van der Waals surface area contributed by atoms with Crippen molar-refractivity contribution in [1.29, 1.82) is 0 Å². The number of carbonyl (C=O) groups excluding carboxylic acids is 1. The van der Waals surface area contributed by atoms with Gasteiger partial charge < -0.3 is 11.1 Å². The first-order valence-electron chi connectivity index (χ1n) is 7.09. The normalized spacial score (nSPS) is 14.4. The van der Waals surface area contributed by atoms with Crippen molar-refractivity contribution in [2.75, 3.05) is 12.3 Å². The van der Waals surface area contributed by atoms with E-state index in [1.165, 1.54) is 0 Å². The van der Waals surface area contributed by atoms with Gasteiger partial charge in [0.2, 0.25) is 5.91 Å². The highest BCUT2D eigenvalue weighted by Crippen LogP contribution is 2.07. The summed E-state index contributed by atoms with van der Waals surface area (Å²) in [7, 11) is -3.15. The molecule has 21 heavy (non-hydrogen) atoms. The molecule has 3 N–H and O–H groups in total. The molecular formula is C15H24N2O3S. The first kappa shape index (κ1) is 17.7. The number of amides is 1. The molecule has 0 saturated carbocycles. The molecule has 118 valence electrons. The largest absolute Gasteiger partial charge is 0.356 e. The third-order valence-corrected chi connectivity index (χ3v) is 5.05. The number of hydrogen-bond acceptors (Lipinski definition) is 4. The summed E-state index contributed by atoms with van der Waals surface area (Å²) in [5, 5.41) is 2.72. The van der Waals surface area contributed by atoms with Crippen molar-refractivity contribution in [1.82, 2.24) is 5.32 Å². The number of carbonyl (C=O) groups is 1. The quantitative estimate of drug-likeness (QED) is 0.703. The van der Waals surface area contributed by atoms with Crippen LogP contribution in [0.2, 0.25) is 0 Å². The van der Waals surface area contributed by atoms with Crippen molar-refractivity contribution in [2.24, 2.45) is 11.7 Å². The van der Waals surface area contributed by atoms with E-state index in [4.69, 9.17) is 5.73 Å². The second-order valence-electron chi connectivity index (χ2n) is 5.37. The second kappa shape index (κ2) is 8.14. The van der Waals surface area contributed by atoms with Crippen LogP contribution in [0.15, 0.2) is 30.3 Å². The Labute approximate surface area is 126 Å². The van der Waals surface area contributed by atoms with E-state index in [0.717, 1.165) is 5.56 Å². The van der Waals surface area contributed by atoms with E-state index in [-0.39, 0.29) is 29.4 Å². The van der Waals surface area contributed by atoms with E-state index in [1.807, 2.05) is 18.2 Å². The predicted molar refractivity (Wildman–Crippen MR) is 84.4 cm³/mol. The van der Waals surface area contributed by atoms with Crippen LogP contribution in [0.3, 0.4) is 0 Å². The molecule has 0 spiro atoms. The van der Waals surface area contributed by atoms with Crippen molar-refractivity contribution >= 4 is 15.7 Å². The molecule has 0 bridgehead atoms. The molecule has 1 aromatic rings. The first-order valence-corrected chi connectivity index (χ1v) is 8.91. The lowest BCUT2D eigenvalue weighted by atomic mass is 10.0. The van der Waals surface area contributed by atoms with Crippen LogP contribution in [-0.2, 0) is 20.4 Å². The van der Waals surface area contributed by atoms with Crippen molar-refractivity contribution < 1.29 is 13.2 Å². The highest BCUT2D eigenvalue weighted by Gasteiger charge is 2.17. The number of nitrogens with two attached hydrogens (primary N) is 1. The molecule has 1 aromatic carbocycles. The molecule has 5 nitrogen and oxygen atoms in total. The van der Waals surface area contributed by atoms with Gasteiger partial charge in [-0.3, -0.25) is 4.79 Å². The Hall–Kier alpha value is -1.40. The zero-order valence-corrected chi connectivity index (χ0v) is 13.4. The minimum Gasteiger partial charge on any atom is -0.356 e. The Balaban J connectivity index is 2.33. The van der Waals surface area contributed by atoms with Gasteiger partial charge in [0.1, 0.15) is 0 Å². The monoisotopic (exact) mass is 312 g/mol. The molecule has 6 heteroatoms. The third-order valence-electron chi connectivity index (χ3n) is 3.36. The van der Waals surface area contributed by atoms with Gasteiger partial charge in [-0.05, 0) is 18.9 Å². The Morgan fingerprint density at radius 3 is 2.43 bits per heavy atom. The SMILES string of the molecule is CC(N)C(C)C(=O)NCCCS(=O)(=O)Cc1ccccc1.